The van der Waals surface area contributed by atoms with Crippen LogP contribution in [0.3, 0.4) is 0 Å². The average molecular weight is 251 g/mol. The number of aromatic hydroxyl groups is 1. The summed E-state index contributed by atoms with van der Waals surface area (Å²) in [5, 5.41) is 9.53. The zero-order valence-electron chi connectivity index (χ0n) is 10.3. The molecule has 3 aromatic rings. The van der Waals surface area contributed by atoms with Gasteiger partial charge in [-0.15, -0.1) is 0 Å². The van der Waals surface area contributed by atoms with Gasteiger partial charge in [0.15, 0.2) is 12.2 Å². The minimum absolute atomic E-state index is 0.222. The normalized spacial score (nSPS) is 10.5. The summed E-state index contributed by atoms with van der Waals surface area (Å²) in [5.41, 5.74) is 2.89. The lowest BCUT2D eigenvalue weighted by Crippen LogP contribution is -1.90. The molecule has 0 aliphatic rings. The smallest absolute Gasteiger partial charge is 0.181 e. The number of nitrogens with zero attached hydrogens (tertiary/aromatic N) is 1. The third-order valence-corrected chi connectivity index (χ3v) is 2.96. The second-order valence-corrected chi connectivity index (χ2v) is 4.34. The van der Waals surface area contributed by atoms with E-state index < -0.39 is 0 Å². The Balaban J connectivity index is 1.95. The van der Waals surface area contributed by atoms with E-state index in [0.717, 1.165) is 11.3 Å². The van der Waals surface area contributed by atoms with E-state index in [-0.39, 0.29) is 5.75 Å². The number of hydrogen-bond acceptors (Lipinski definition) is 3. The van der Waals surface area contributed by atoms with Crippen LogP contribution in [0.15, 0.2) is 65.4 Å². The minimum atomic E-state index is 0.222. The number of benzene rings is 2. The van der Waals surface area contributed by atoms with Crippen molar-refractivity contribution < 1.29 is 9.52 Å². The molecule has 0 spiro atoms. The lowest BCUT2D eigenvalue weighted by atomic mass is 10.1. The minimum Gasteiger partial charge on any atom is -0.508 e. The van der Waals surface area contributed by atoms with Crippen LogP contribution in [0.2, 0.25) is 0 Å². The van der Waals surface area contributed by atoms with Crippen molar-refractivity contribution in [2.24, 2.45) is 0 Å². The molecule has 19 heavy (non-hydrogen) atoms. The predicted molar refractivity (Wildman–Crippen MR) is 72.9 cm³/mol. The van der Waals surface area contributed by atoms with Gasteiger partial charge in [0, 0.05) is 12.0 Å². The maximum absolute atomic E-state index is 9.53. The molecule has 0 fully saturated rings. The number of phenols is 1. The van der Waals surface area contributed by atoms with Gasteiger partial charge in [-0.05, 0) is 17.7 Å². The maximum Gasteiger partial charge on any atom is 0.181 e. The van der Waals surface area contributed by atoms with Gasteiger partial charge in [-0.2, -0.15) is 0 Å². The molecule has 0 saturated heterocycles. The number of phenolic OH excluding ortho intramolecular Hbond substituents is 1. The van der Waals surface area contributed by atoms with Crippen molar-refractivity contribution in [3.63, 3.8) is 0 Å². The van der Waals surface area contributed by atoms with Gasteiger partial charge in [0.05, 0.1) is 5.69 Å². The second kappa shape index (κ2) is 4.98. The molecular weight excluding hydrogens is 238 g/mol. The third-order valence-electron chi connectivity index (χ3n) is 2.96. The van der Waals surface area contributed by atoms with Crippen molar-refractivity contribution in [3.05, 3.63) is 72.2 Å². The summed E-state index contributed by atoms with van der Waals surface area (Å²) >= 11 is 0. The van der Waals surface area contributed by atoms with Gasteiger partial charge in [0.1, 0.15) is 5.75 Å². The fraction of sp³-hybridized carbons (Fsp3) is 0.0625. The van der Waals surface area contributed by atoms with Crippen molar-refractivity contribution in [2.75, 3.05) is 0 Å². The average Bonchev–Trinajstić information content (AvgIpc) is 2.88. The highest BCUT2D eigenvalue weighted by Crippen LogP contribution is 2.27. The zero-order chi connectivity index (χ0) is 13.1. The Kier molecular flexibility index (Phi) is 3.02. The molecule has 0 radical (unpaired) electrons. The first-order valence-corrected chi connectivity index (χ1v) is 6.08. The number of hydrogen-bond donors (Lipinski definition) is 1. The molecule has 3 nitrogen and oxygen atoms in total. The van der Waals surface area contributed by atoms with Crippen LogP contribution in [0.5, 0.6) is 5.75 Å². The highest BCUT2D eigenvalue weighted by atomic mass is 16.3. The number of aromatic nitrogens is 1. The summed E-state index contributed by atoms with van der Waals surface area (Å²) in [6.45, 7) is 0. The van der Waals surface area contributed by atoms with Gasteiger partial charge < -0.3 is 9.52 Å². The third kappa shape index (κ3) is 2.50. The molecule has 0 unspecified atom stereocenters. The summed E-state index contributed by atoms with van der Waals surface area (Å²) in [6.07, 6.45) is 2.15. The molecule has 0 aliphatic heterocycles. The Morgan fingerprint density at radius 3 is 2.63 bits per heavy atom. The van der Waals surface area contributed by atoms with Crippen LogP contribution in [0.1, 0.15) is 11.3 Å². The molecule has 0 saturated carbocycles. The van der Waals surface area contributed by atoms with E-state index in [1.165, 1.54) is 12.0 Å². The molecule has 0 aliphatic carbocycles. The number of oxazole rings is 1. The van der Waals surface area contributed by atoms with Crippen LogP contribution < -0.4 is 0 Å². The molecular formula is C16H13NO2. The molecule has 94 valence electrons. The monoisotopic (exact) mass is 251 g/mol. The standard InChI is InChI=1S/C16H13NO2/c18-14-8-4-7-13(10-14)16-15(17-11-19-16)9-12-5-2-1-3-6-12/h1-8,10-11,18H,9H2. The molecule has 3 rings (SSSR count). The van der Waals surface area contributed by atoms with Crippen molar-refractivity contribution in [1.29, 1.82) is 0 Å². The van der Waals surface area contributed by atoms with E-state index in [0.29, 0.717) is 12.2 Å². The maximum atomic E-state index is 9.53. The largest absolute Gasteiger partial charge is 0.508 e. The summed E-state index contributed by atoms with van der Waals surface area (Å²) in [7, 11) is 0. The first-order valence-electron chi connectivity index (χ1n) is 6.08. The Morgan fingerprint density at radius 2 is 1.84 bits per heavy atom. The van der Waals surface area contributed by atoms with Gasteiger partial charge in [-0.25, -0.2) is 4.98 Å². The Labute approximate surface area is 111 Å². The quantitative estimate of drug-likeness (QED) is 0.773. The molecule has 0 atom stereocenters. The van der Waals surface area contributed by atoms with Crippen LogP contribution in [-0.2, 0) is 6.42 Å². The van der Waals surface area contributed by atoms with Gasteiger partial charge in [0.25, 0.3) is 0 Å². The fourth-order valence-electron chi connectivity index (χ4n) is 2.07. The second-order valence-electron chi connectivity index (χ2n) is 4.34. The van der Waals surface area contributed by atoms with Crippen LogP contribution in [0.4, 0.5) is 0 Å². The van der Waals surface area contributed by atoms with Gasteiger partial charge in [-0.3, -0.25) is 0 Å². The van der Waals surface area contributed by atoms with Gasteiger partial charge in [0.2, 0.25) is 0 Å². The fourth-order valence-corrected chi connectivity index (χ4v) is 2.07. The molecule has 0 amide bonds. The molecule has 0 bridgehead atoms. The summed E-state index contributed by atoms with van der Waals surface area (Å²) < 4.78 is 5.46. The first kappa shape index (κ1) is 11.5. The van der Waals surface area contributed by atoms with Gasteiger partial charge >= 0.3 is 0 Å². The van der Waals surface area contributed by atoms with E-state index in [4.69, 9.17) is 4.42 Å². The highest BCUT2D eigenvalue weighted by molar-refractivity contribution is 5.62. The summed E-state index contributed by atoms with van der Waals surface area (Å²) in [5.74, 6) is 0.930. The topological polar surface area (TPSA) is 46.3 Å². The van der Waals surface area contributed by atoms with Crippen LogP contribution in [-0.4, -0.2) is 10.1 Å². The van der Waals surface area contributed by atoms with E-state index in [2.05, 4.69) is 17.1 Å². The Hall–Kier alpha value is -2.55. The summed E-state index contributed by atoms with van der Waals surface area (Å²) in [4.78, 5) is 4.27. The molecule has 1 N–H and O–H groups in total. The SMILES string of the molecule is Oc1cccc(-c2ocnc2Cc2ccccc2)c1. The zero-order valence-corrected chi connectivity index (χ0v) is 10.3. The number of rotatable bonds is 3. The van der Waals surface area contributed by atoms with Crippen molar-refractivity contribution in [3.8, 4) is 17.1 Å². The lowest BCUT2D eigenvalue weighted by Gasteiger charge is -2.02. The van der Waals surface area contributed by atoms with Crippen LogP contribution >= 0.6 is 0 Å². The lowest BCUT2D eigenvalue weighted by molar-refractivity contribution is 0.475. The van der Waals surface area contributed by atoms with Crippen molar-refractivity contribution >= 4 is 0 Å². The highest BCUT2D eigenvalue weighted by Gasteiger charge is 2.11. The summed E-state index contributed by atoms with van der Waals surface area (Å²) in [6, 6.07) is 17.1. The Bertz CT molecular complexity index is 674. The van der Waals surface area contributed by atoms with E-state index >= 15 is 0 Å². The molecule has 1 aromatic heterocycles. The molecule has 3 heteroatoms. The van der Waals surface area contributed by atoms with Gasteiger partial charge in [-0.1, -0.05) is 42.5 Å². The molecule has 1 heterocycles. The van der Waals surface area contributed by atoms with Crippen molar-refractivity contribution in [1.82, 2.24) is 4.98 Å². The predicted octanol–water partition coefficient (Wildman–Crippen LogP) is 3.64. The first-order chi connectivity index (χ1) is 9.33. The van der Waals surface area contributed by atoms with E-state index in [9.17, 15) is 5.11 Å². The van der Waals surface area contributed by atoms with Crippen LogP contribution in [0.25, 0.3) is 11.3 Å². The Morgan fingerprint density at radius 1 is 1.00 bits per heavy atom. The van der Waals surface area contributed by atoms with Crippen molar-refractivity contribution in [2.45, 2.75) is 6.42 Å². The van der Waals surface area contributed by atoms with E-state index in [1.807, 2.05) is 24.3 Å². The van der Waals surface area contributed by atoms with Crippen LogP contribution in [0, 0.1) is 0 Å². The van der Waals surface area contributed by atoms with E-state index in [1.54, 1.807) is 18.2 Å². The molecule has 2 aromatic carbocycles.